The Kier molecular flexibility index (Phi) is 8.28. The van der Waals surface area contributed by atoms with E-state index in [2.05, 4.69) is 5.32 Å². The largest absolute Gasteiger partial charge is 0.482 e. The summed E-state index contributed by atoms with van der Waals surface area (Å²) in [4.78, 5) is 36.1. The van der Waals surface area contributed by atoms with Crippen molar-refractivity contribution in [3.05, 3.63) is 29.8 Å². The molecule has 0 radical (unpaired) electrons. The lowest BCUT2D eigenvalue weighted by Gasteiger charge is -2.25. The fourth-order valence-electron chi connectivity index (χ4n) is 2.21. The van der Waals surface area contributed by atoms with Gasteiger partial charge in [0.2, 0.25) is 0 Å². The molecule has 150 valence electrons. The number of ether oxygens (including phenoxy) is 3. The summed E-state index contributed by atoms with van der Waals surface area (Å²) in [5.41, 5.74) is -0.222. The predicted octanol–water partition coefficient (Wildman–Crippen LogP) is 3.36. The smallest absolute Gasteiger partial charge is 0.408 e. The van der Waals surface area contributed by atoms with Crippen LogP contribution < -0.4 is 10.1 Å². The molecule has 1 amide bonds. The van der Waals surface area contributed by atoms with Crippen LogP contribution in [0.5, 0.6) is 5.75 Å². The van der Waals surface area contributed by atoms with Gasteiger partial charge in [-0.3, -0.25) is 4.79 Å². The van der Waals surface area contributed by atoms with E-state index in [1.165, 1.54) is 0 Å². The summed E-state index contributed by atoms with van der Waals surface area (Å²) < 4.78 is 15.3. The summed E-state index contributed by atoms with van der Waals surface area (Å²) in [5, 5.41) is 2.64. The van der Waals surface area contributed by atoms with Crippen molar-refractivity contribution in [1.29, 1.82) is 0 Å². The van der Waals surface area contributed by atoms with Crippen molar-refractivity contribution in [2.45, 2.75) is 53.2 Å². The Morgan fingerprint density at radius 2 is 1.67 bits per heavy atom. The Labute approximate surface area is 160 Å². The molecule has 0 fully saturated rings. The standard InChI is InChI=1S/C20H29NO6/c1-7-25-16(22)12-26-15-10-8-14(9-11-15)18(23)17(13(2)3)21-19(24)27-20(4,5)6/h8-11,13,17H,7,12H2,1-6H3,(H,21,24). The Morgan fingerprint density at radius 1 is 1.07 bits per heavy atom. The summed E-state index contributed by atoms with van der Waals surface area (Å²) in [7, 11) is 0. The van der Waals surface area contributed by atoms with Crippen molar-refractivity contribution in [2.24, 2.45) is 5.92 Å². The average Bonchev–Trinajstić information content (AvgIpc) is 2.56. The van der Waals surface area contributed by atoms with Crippen molar-refractivity contribution in [1.82, 2.24) is 5.32 Å². The maximum atomic E-state index is 12.8. The fourth-order valence-corrected chi connectivity index (χ4v) is 2.21. The first-order valence-corrected chi connectivity index (χ1v) is 8.95. The number of nitrogens with one attached hydrogen (secondary N) is 1. The Hall–Kier alpha value is -2.57. The zero-order valence-electron chi connectivity index (χ0n) is 16.8. The van der Waals surface area contributed by atoms with Gasteiger partial charge in [-0.05, 0) is 57.9 Å². The van der Waals surface area contributed by atoms with Crippen LogP contribution in [0, 0.1) is 5.92 Å². The normalized spacial score (nSPS) is 12.3. The van der Waals surface area contributed by atoms with Gasteiger partial charge in [-0.1, -0.05) is 13.8 Å². The second kappa shape index (κ2) is 9.94. The number of carbonyl (C=O) groups excluding carboxylic acids is 3. The minimum absolute atomic E-state index is 0.121. The van der Waals surface area contributed by atoms with Crippen LogP contribution >= 0.6 is 0 Å². The first-order chi connectivity index (χ1) is 12.5. The topological polar surface area (TPSA) is 90.9 Å². The minimum Gasteiger partial charge on any atom is -0.482 e. The van der Waals surface area contributed by atoms with Gasteiger partial charge in [-0.25, -0.2) is 9.59 Å². The van der Waals surface area contributed by atoms with Crippen LogP contribution in [-0.4, -0.2) is 42.7 Å². The lowest BCUT2D eigenvalue weighted by atomic mass is 9.95. The lowest BCUT2D eigenvalue weighted by Crippen LogP contribution is -2.46. The first kappa shape index (κ1) is 22.5. The maximum Gasteiger partial charge on any atom is 0.408 e. The highest BCUT2D eigenvalue weighted by Gasteiger charge is 2.27. The first-order valence-electron chi connectivity index (χ1n) is 8.95. The molecule has 1 rings (SSSR count). The average molecular weight is 379 g/mol. The molecule has 0 aliphatic rings. The minimum atomic E-state index is -0.717. The molecule has 1 N–H and O–H groups in total. The van der Waals surface area contributed by atoms with Gasteiger partial charge in [0.1, 0.15) is 11.4 Å². The number of ketones is 1. The molecular weight excluding hydrogens is 350 g/mol. The Bertz CT molecular complexity index is 645. The van der Waals surface area contributed by atoms with E-state index in [-0.39, 0.29) is 24.9 Å². The second-order valence-electron chi connectivity index (χ2n) is 7.35. The molecule has 0 saturated heterocycles. The summed E-state index contributed by atoms with van der Waals surface area (Å²) in [6.07, 6.45) is -0.635. The van der Waals surface area contributed by atoms with Crippen LogP contribution in [0.4, 0.5) is 4.79 Å². The van der Waals surface area contributed by atoms with Crippen molar-refractivity contribution in [2.75, 3.05) is 13.2 Å². The van der Waals surface area contributed by atoms with Gasteiger partial charge in [-0.15, -0.1) is 0 Å². The van der Waals surface area contributed by atoms with Crippen molar-refractivity contribution >= 4 is 17.8 Å². The highest BCUT2D eigenvalue weighted by molar-refractivity contribution is 6.01. The van der Waals surface area contributed by atoms with Gasteiger partial charge in [0.15, 0.2) is 12.4 Å². The SMILES string of the molecule is CCOC(=O)COc1ccc(C(=O)C(NC(=O)OC(C)(C)C)C(C)C)cc1. The van der Waals surface area contributed by atoms with Crippen LogP contribution in [0.15, 0.2) is 24.3 Å². The van der Waals surface area contributed by atoms with E-state index in [9.17, 15) is 14.4 Å². The molecule has 7 heteroatoms. The third-order valence-electron chi connectivity index (χ3n) is 3.42. The molecule has 1 aromatic carbocycles. The van der Waals surface area contributed by atoms with E-state index in [0.29, 0.717) is 11.3 Å². The molecule has 0 aromatic heterocycles. The molecule has 7 nitrogen and oxygen atoms in total. The molecule has 0 aliphatic heterocycles. The number of benzene rings is 1. The zero-order chi connectivity index (χ0) is 20.6. The summed E-state index contributed by atoms with van der Waals surface area (Å²) in [6, 6.07) is 5.66. The molecule has 1 atom stereocenters. The molecule has 27 heavy (non-hydrogen) atoms. The molecule has 0 spiro atoms. The molecule has 0 bridgehead atoms. The van der Waals surface area contributed by atoms with Gasteiger partial charge in [0.05, 0.1) is 12.6 Å². The quantitative estimate of drug-likeness (QED) is 0.550. The third-order valence-corrected chi connectivity index (χ3v) is 3.42. The third kappa shape index (κ3) is 8.11. The molecule has 0 aliphatic carbocycles. The van der Waals surface area contributed by atoms with E-state index in [4.69, 9.17) is 14.2 Å². The molecule has 1 aromatic rings. The highest BCUT2D eigenvalue weighted by Crippen LogP contribution is 2.17. The number of esters is 1. The van der Waals surface area contributed by atoms with Crippen molar-refractivity contribution in [3.8, 4) is 5.75 Å². The second-order valence-corrected chi connectivity index (χ2v) is 7.35. The van der Waals surface area contributed by atoms with Crippen LogP contribution in [0.3, 0.4) is 0 Å². The number of rotatable bonds is 8. The van der Waals surface area contributed by atoms with Crippen LogP contribution in [0.1, 0.15) is 51.9 Å². The molecule has 1 unspecified atom stereocenters. The van der Waals surface area contributed by atoms with Crippen LogP contribution in [-0.2, 0) is 14.3 Å². The van der Waals surface area contributed by atoms with E-state index < -0.39 is 23.7 Å². The number of hydrogen-bond donors (Lipinski definition) is 1. The zero-order valence-corrected chi connectivity index (χ0v) is 16.8. The van der Waals surface area contributed by atoms with E-state index in [1.807, 2.05) is 13.8 Å². The van der Waals surface area contributed by atoms with Crippen molar-refractivity contribution < 1.29 is 28.6 Å². The van der Waals surface area contributed by atoms with Gasteiger partial charge >= 0.3 is 12.1 Å². The molecular formula is C20H29NO6. The number of amides is 1. The number of Topliss-reactive ketones (excluding diaryl/α,β-unsaturated/α-hetero) is 1. The van der Waals surface area contributed by atoms with Gasteiger partial charge in [0, 0.05) is 5.56 Å². The van der Waals surface area contributed by atoms with Crippen molar-refractivity contribution in [3.63, 3.8) is 0 Å². The van der Waals surface area contributed by atoms with Gasteiger partial charge < -0.3 is 19.5 Å². The fraction of sp³-hybridized carbons (Fsp3) is 0.550. The van der Waals surface area contributed by atoms with Gasteiger partial charge in [-0.2, -0.15) is 0 Å². The summed E-state index contributed by atoms with van der Waals surface area (Å²) in [5.74, 6) is -0.363. The monoisotopic (exact) mass is 379 g/mol. The Balaban J connectivity index is 2.76. The van der Waals surface area contributed by atoms with E-state index in [0.717, 1.165) is 0 Å². The van der Waals surface area contributed by atoms with E-state index in [1.54, 1.807) is 52.0 Å². The van der Waals surface area contributed by atoms with Crippen LogP contribution in [0.25, 0.3) is 0 Å². The van der Waals surface area contributed by atoms with Gasteiger partial charge in [0.25, 0.3) is 0 Å². The highest BCUT2D eigenvalue weighted by atomic mass is 16.6. The maximum absolute atomic E-state index is 12.8. The predicted molar refractivity (Wildman–Crippen MR) is 101 cm³/mol. The molecule has 0 saturated carbocycles. The number of alkyl carbamates (subject to hydrolysis) is 1. The van der Waals surface area contributed by atoms with Crippen LogP contribution in [0.2, 0.25) is 0 Å². The molecule has 0 heterocycles. The number of hydrogen-bond acceptors (Lipinski definition) is 6. The Morgan fingerprint density at radius 3 is 2.15 bits per heavy atom. The summed E-state index contributed by atoms with van der Waals surface area (Å²) in [6.45, 7) is 10.8. The summed E-state index contributed by atoms with van der Waals surface area (Å²) >= 11 is 0. The number of carbonyl (C=O) groups is 3. The van der Waals surface area contributed by atoms with E-state index >= 15 is 0 Å². The lowest BCUT2D eigenvalue weighted by molar-refractivity contribution is -0.145.